The minimum absolute atomic E-state index is 0.00643. The quantitative estimate of drug-likeness (QED) is 0.801. The van der Waals surface area contributed by atoms with E-state index >= 15 is 0 Å². The highest BCUT2D eigenvalue weighted by molar-refractivity contribution is 5.93. The number of hydrogen-bond acceptors (Lipinski definition) is 4. The number of para-hydroxylation sites is 1. The molecule has 0 aliphatic carbocycles. The van der Waals surface area contributed by atoms with E-state index in [1.54, 1.807) is 0 Å². The number of hydrogen-bond donors (Lipinski definition) is 2. The monoisotopic (exact) mass is 354 g/mol. The average molecular weight is 354 g/mol. The summed E-state index contributed by atoms with van der Waals surface area (Å²) in [4.78, 5) is 14.5. The van der Waals surface area contributed by atoms with Crippen molar-refractivity contribution in [1.29, 1.82) is 5.26 Å². The number of amides is 1. The van der Waals surface area contributed by atoms with Crippen molar-refractivity contribution >= 4 is 11.7 Å². The summed E-state index contributed by atoms with van der Waals surface area (Å²) in [5.74, 6) is 0.282. The van der Waals surface area contributed by atoms with Gasteiger partial charge < -0.3 is 10.4 Å². The van der Waals surface area contributed by atoms with Crippen LogP contribution in [0.2, 0.25) is 0 Å². The van der Waals surface area contributed by atoms with Crippen molar-refractivity contribution in [3.63, 3.8) is 0 Å². The smallest absolute Gasteiger partial charge is 0.239 e. The van der Waals surface area contributed by atoms with E-state index in [0.29, 0.717) is 17.9 Å². The lowest BCUT2D eigenvalue weighted by atomic mass is 10.2. The zero-order valence-corrected chi connectivity index (χ0v) is 15.8. The molecule has 138 valence electrons. The zero-order valence-electron chi connectivity index (χ0n) is 15.8. The van der Waals surface area contributed by atoms with Crippen LogP contribution in [0, 0.1) is 25.2 Å². The van der Waals surface area contributed by atoms with E-state index in [9.17, 15) is 15.2 Å². The molecule has 0 radical (unpaired) electrons. The van der Waals surface area contributed by atoms with Gasteiger partial charge in [-0.15, -0.1) is 0 Å². The molecule has 0 atom stereocenters. The van der Waals surface area contributed by atoms with Gasteiger partial charge in [-0.2, -0.15) is 5.26 Å². The first kappa shape index (κ1) is 19.7. The molecule has 6 nitrogen and oxygen atoms in total. The molecular formula is C20H26N4O2. The molecule has 0 bridgehead atoms. The van der Waals surface area contributed by atoms with Crippen LogP contribution in [-0.4, -0.2) is 46.2 Å². The molecule has 1 aromatic heterocycles. The molecule has 0 saturated carbocycles. The first-order valence-electron chi connectivity index (χ1n) is 8.72. The van der Waals surface area contributed by atoms with Gasteiger partial charge in [-0.25, -0.2) is 0 Å². The highest BCUT2D eigenvalue weighted by Crippen LogP contribution is 2.29. The molecule has 26 heavy (non-hydrogen) atoms. The minimum Gasteiger partial charge on any atom is -0.395 e. The lowest BCUT2D eigenvalue weighted by Gasteiger charge is -2.25. The maximum atomic E-state index is 12.6. The van der Waals surface area contributed by atoms with Crippen molar-refractivity contribution in [2.45, 2.75) is 33.7 Å². The minimum atomic E-state index is -0.210. The van der Waals surface area contributed by atoms with Crippen molar-refractivity contribution in [1.82, 2.24) is 9.47 Å². The Balaban J connectivity index is 2.38. The third kappa shape index (κ3) is 4.13. The molecule has 0 spiro atoms. The number of carbonyl (C=O) groups is 1. The number of carbonyl (C=O) groups excluding carboxylic acids is 1. The van der Waals surface area contributed by atoms with Crippen molar-refractivity contribution in [3.8, 4) is 11.8 Å². The zero-order chi connectivity index (χ0) is 19.3. The number of aliphatic hydroxyl groups is 1. The van der Waals surface area contributed by atoms with Gasteiger partial charge in [0.15, 0.2) is 0 Å². The third-order valence-electron chi connectivity index (χ3n) is 4.56. The highest BCUT2D eigenvalue weighted by atomic mass is 16.3. The number of nitrogens with one attached hydrogen (secondary N) is 1. The first-order valence-corrected chi connectivity index (χ1v) is 8.72. The van der Waals surface area contributed by atoms with Crippen LogP contribution >= 0.6 is 0 Å². The van der Waals surface area contributed by atoms with Crippen LogP contribution in [0.1, 0.15) is 30.7 Å². The average Bonchev–Trinajstić information content (AvgIpc) is 2.85. The summed E-state index contributed by atoms with van der Waals surface area (Å²) in [5, 5.41) is 21.7. The molecule has 1 amide bonds. The Labute approximate surface area is 154 Å². The Hall–Kier alpha value is -2.62. The second-order valence-corrected chi connectivity index (χ2v) is 6.55. The topological polar surface area (TPSA) is 81.3 Å². The van der Waals surface area contributed by atoms with Gasteiger partial charge in [-0.3, -0.25) is 14.3 Å². The van der Waals surface area contributed by atoms with Crippen LogP contribution in [0.3, 0.4) is 0 Å². The van der Waals surface area contributed by atoms with Gasteiger partial charge in [-0.1, -0.05) is 18.2 Å². The van der Waals surface area contributed by atoms with Gasteiger partial charge in [0.25, 0.3) is 0 Å². The van der Waals surface area contributed by atoms with Gasteiger partial charge in [0, 0.05) is 24.0 Å². The van der Waals surface area contributed by atoms with Gasteiger partial charge in [0.05, 0.1) is 18.7 Å². The van der Waals surface area contributed by atoms with E-state index < -0.39 is 0 Å². The van der Waals surface area contributed by atoms with Crippen LogP contribution < -0.4 is 5.32 Å². The van der Waals surface area contributed by atoms with E-state index in [2.05, 4.69) is 11.4 Å². The van der Waals surface area contributed by atoms with Crippen LogP contribution in [0.4, 0.5) is 5.82 Å². The molecular weight excluding hydrogens is 328 g/mol. The summed E-state index contributed by atoms with van der Waals surface area (Å²) in [5.41, 5.74) is 3.13. The van der Waals surface area contributed by atoms with Crippen LogP contribution in [0.15, 0.2) is 30.3 Å². The Morgan fingerprint density at radius 1 is 1.31 bits per heavy atom. The van der Waals surface area contributed by atoms with Gasteiger partial charge in [0.1, 0.15) is 11.9 Å². The molecule has 0 unspecified atom stereocenters. The molecule has 1 aromatic carbocycles. The summed E-state index contributed by atoms with van der Waals surface area (Å²) < 4.78 is 1.90. The summed E-state index contributed by atoms with van der Waals surface area (Å²) >= 11 is 0. The molecule has 2 rings (SSSR count). The van der Waals surface area contributed by atoms with Crippen molar-refractivity contribution in [3.05, 3.63) is 47.2 Å². The van der Waals surface area contributed by atoms with Gasteiger partial charge >= 0.3 is 0 Å². The van der Waals surface area contributed by atoms with Gasteiger partial charge in [0.2, 0.25) is 5.91 Å². The predicted molar refractivity (Wildman–Crippen MR) is 102 cm³/mol. The summed E-state index contributed by atoms with van der Waals surface area (Å²) in [6.45, 7) is 8.35. The van der Waals surface area contributed by atoms with Crippen molar-refractivity contribution in [2.24, 2.45) is 0 Å². The van der Waals surface area contributed by atoms with Gasteiger partial charge in [-0.05, 0) is 45.4 Å². The Kier molecular flexibility index (Phi) is 6.56. The molecule has 0 aliphatic rings. The number of benzene rings is 1. The number of anilines is 1. The second-order valence-electron chi connectivity index (χ2n) is 6.55. The molecule has 2 N–H and O–H groups in total. The molecule has 0 saturated heterocycles. The van der Waals surface area contributed by atoms with Crippen LogP contribution in [0.25, 0.3) is 5.69 Å². The van der Waals surface area contributed by atoms with E-state index in [4.69, 9.17) is 0 Å². The SMILES string of the molecule is Cc1c(C#N)c(NC(=O)CN(CCO)C(C)C)n(-c2ccccc2)c1C. The van der Waals surface area contributed by atoms with E-state index in [-0.39, 0.29) is 25.1 Å². The normalized spacial score (nSPS) is 11.0. The fraction of sp³-hybridized carbons (Fsp3) is 0.400. The fourth-order valence-corrected chi connectivity index (χ4v) is 2.97. The number of nitriles is 1. The summed E-state index contributed by atoms with van der Waals surface area (Å²) in [6.07, 6.45) is 0. The molecule has 1 heterocycles. The maximum Gasteiger partial charge on any atom is 0.239 e. The van der Waals surface area contributed by atoms with Crippen molar-refractivity contribution < 1.29 is 9.90 Å². The summed E-state index contributed by atoms with van der Waals surface area (Å²) in [7, 11) is 0. The fourth-order valence-electron chi connectivity index (χ4n) is 2.97. The van der Waals surface area contributed by atoms with Crippen LogP contribution in [-0.2, 0) is 4.79 Å². The predicted octanol–water partition coefficient (Wildman–Crippen LogP) is 2.61. The molecule has 6 heteroatoms. The van der Waals surface area contributed by atoms with E-state index in [1.807, 2.05) is 67.5 Å². The summed E-state index contributed by atoms with van der Waals surface area (Å²) in [6, 6.07) is 12.0. The van der Waals surface area contributed by atoms with E-state index in [1.165, 1.54) is 0 Å². The molecule has 2 aromatic rings. The second kappa shape index (κ2) is 8.65. The Morgan fingerprint density at radius 2 is 1.96 bits per heavy atom. The Morgan fingerprint density at radius 3 is 2.50 bits per heavy atom. The molecule has 0 fully saturated rings. The Bertz CT molecular complexity index is 803. The van der Waals surface area contributed by atoms with E-state index in [0.717, 1.165) is 16.9 Å². The van der Waals surface area contributed by atoms with Crippen molar-refractivity contribution in [2.75, 3.05) is 25.0 Å². The first-order chi connectivity index (χ1) is 12.4. The number of nitrogens with zero attached hydrogens (tertiary/aromatic N) is 3. The van der Waals surface area contributed by atoms with Crippen LogP contribution in [0.5, 0.6) is 0 Å². The number of aromatic nitrogens is 1. The standard InChI is InChI=1S/C20H26N4O2/c1-14(2)23(10-11-25)13-19(26)22-20-18(12-21)15(3)16(4)24(20)17-8-6-5-7-9-17/h5-9,14,25H,10-11,13H2,1-4H3,(H,22,26). The third-order valence-corrected chi connectivity index (χ3v) is 4.56. The largest absolute Gasteiger partial charge is 0.395 e. The highest BCUT2D eigenvalue weighted by Gasteiger charge is 2.22. The molecule has 0 aliphatic heterocycles. The number of rotatable bonds is 7. The lowest BCUT2D eigenvalue weighted by Crippen LogP contribution is -2.40. The maximum absolute atomic E-state index is 12.6. The lowest BCUT2D eigenvalue weighted by molar-refractivity contribution is -0.117. The number of aliphatic hydroxyl groups excluding tert-OH is 1.